The smallest absolute Gasteiger partial charge is 0.416 e. The Morgan fingerprint density at radius 2 is 1.92 bits per heavy atom. The summed E-state index contributed by atoms with van der Waals surface area (Å²) in [5.41, 5.74) is 4.25. The number of rotatable bonds is 6. The van der Waals surface area contributed by atoms with Gasteiger partial charge in [-0.3, -0.25) is 5.32 Å². The van der Waals surface area contributed by atoms with E-state index in [2.05, 4.69) is 10.1 Å². The molecule has 6 heteroatoms. The van der Waals surface area contributed by atoms with Crippen molar-refractivity contribution in [1.82, 2.24) is 0 Å². The molecule has 0 heterocycles. The van der Waals surface area contributed by atoms with E-state index in [1.807, 2.05) is 51.1 Å². The Bertz CT molecular complexity index is 747. The highest BCUT2D eigenvalue weighted by Gasteiger charge is 2.13. The number of aryl methyl sites for hydroxylation is 3. The van der Waals surface area contributed by atoms with E-state index in [0.29, 0.717) is 11.3 Å². The molecule has 2 aromatic rings. The molecule has 2 rings (SSSR count). The summed E-state index contributed by atoms with van der Waals surface area (Å²) < 4.78 is 34.0. The fourth-order valence-electron chi connectivity index (χ4n) is 2.45. The van der Waals surface area contributed by atoms with E-state index in [1.165, 1.54) is 0 Å². The zero-order chi connectivity index (χ0) is 18.4. The van der Waals surface area contributed by atoms with Crippen molar-refractivity contribution < 1.29 is 23.0 Å². The topological polar surface area (TPSA) is 47.6 Å². The summed E-state index contributed by atoms with van der Waals surface area (Å²) in [4.78, 5) is 11.4. The van der Waals surface area contributed by atoms with Gasteiger partial charge in [-0.1, -0.05) is 36.8 Å². The van der Waals surface area contributed by atoms with E-state index >= 15 is 0 Å². The predicted octanol–water partition coefficient (Wildman–Crippen LogP) is 5.22. The fraction of sp³-hybridized carbons (Fsp3) is 0.316. The van der Waals surface area contributed by atoms with Crippen molar-refractivity contribution in [3.8, 4) is 5.75 Å². The van der Waals surface area contributed by atoms with Gasteiger partial charge in [0.25, 0.3) is 0 Å². The van der Waals surface area contributed by atoms with E-state index in [1.54, 1.807) is 6.07 Å². The average molecular weight is 349 g/mol. The minimum Gasteiger partial charge on any atom is -0.489 e. The maximum absolute atomic E-state index is 12.1. The number of alkyl halides is 2. The molecule has 0 atom stereocenters. The Balaban J connectivity index is 2.17. The number of halogens is 2. The molecule has 0 spiro atoms. The molecule has 0 aliphatic rings. The number of carbonyl (C=O) groups excluding carboxylic acids is 1. The SMILES string of the molecule is CCc1ccc(NC(=O)OC(F)F)c(COc2ccc(C)cc2C)c1. The standard InChI is InChI=1S/C19H21F2NO3/c1-4-14-6-7-16(22-19(23)25-18(20)21)15(10-14)11-24-17-8-5-12(2)9-13(17)3/h5-10,18H,4,11H2,1-3H3,(H,22,23). The Kier molecular flexibility index (Phi) is 6.33. The van der Waals surface area contributed by atoms with Crippen molar-refractivity contribution in [3.05, 3.63) is 58.7 Å². The first kappa shape index (κ1) is 18.7. The van der Waals surface area contributed by atoms with Crippen LogP contribution >= 0.6 is 0 Å². The maximum Gasteiger partial charge on any atom is 0.416 e. The Hall–Kier alpha value is -2.63. The van der Waals surface area contributed by atoms with E-state index in [-0.39, 0.29) is 6.61 Å². The summed E-state index contributed by atoms with van der Waals surface area (Å²) >= 11 is 0. The highest BCUT2D eigenvalue weighted by atomic mass is 19.3. The molecule has 134 valence electrons. The summed E-state index contributed by atoms with van der Waals surface area (Å²) in [5.74, 6) is 0.730. The van der Waals surface area contributed by atoms with Crippen LogP contribution in [-0.2, 0) is 17.8 Å². The van der Waals surface area contributed by atoms with Crippen LogP contribution < -0.4 is 10.1 Å². The molecule has 4 nitrogen and oxygen atoms in total. The molecular formula is C19H21F2NO3. The Morgan fingerprint density at radius 3 is 2.56 bits per heavy atom. The van der Waals surface area contributed by atoms with Gasteiger partial charge in [-0.2, -0.15) is 8.78 Å². The summed E-state index contributed by atoms with van der Waals surface area (Å²) in [6.07, 6.45) is -0.398. The number of ether oxygens (including phenoxy) is 2. The van der Waals surface area contributed by atoms with Crippen molar-refractivity contribution in [1.29, 1.82) is 0 Å². The number of hydrogen-bond donors (Lipinski definition) is 1. The van der Waals surface area contributed by atoms with Crippen molar-refractivity contribution in [2.75, 3.05) is 5.32 Å². The molecule has 0 saturated carbocycles. The first-order valence-electron chi connectivity index (χ1n) is 7.96. The van der Waals surface area contributed by atoms with Gasteiger partial charge < -0.3 is 9.47 Å². The third-order valence-electron chi connectivity index (χ3n) is 3.72. The molecule has 0 saturated heterocycles. The molecule has 0 fully saturated rings. The molecule has 0 unspecified atom stereocenters. The van der Waals surface area contributed by atoms with Crippen LogP contribution in [0, 0.1) is 13.8 Å². The van der Waals surface area contributed by atoms with Crippen molar-refractivity contribution in [3.63, 3.8) is 0 Å². The monoisotopic (exact) mass is 349 g/mol. The van der Waals surface area contributed by atoms with Gasteiger partial charge in [0.1, 0.15) is 12.4 Å². The molecule has 25 heavy (non-hydrogen) atoms. The zero-order valence-corrected chi connectivity index (χ0v) is 14.4. The van der Waals surface area contributed by atoms with Crippen molar-refractivity contribution >= 4 is 11.8 Å². The summed E-state index contributed by atoms with van der Waals surface area (Å²) in [5, 5.41) is 2.33. The Labute approximate surface area is 145 Å². The normalized spacial score (nSPS) is 10.6. The van der Waals surface area contributed by atoms with E-state index in [4.69, 9.17) is 4.74 Å². The lowest BCUT2D eigenvalue weighted by atomic mass is 10.1. The van der Waals surface area contributed by atoms with Crippen LogP contribution in [0.3, 0.4) is 0 Å². The lowest BCUT2D eigenvalue weighted by Crippen LogP contribution is -2.18. The van der Waals surface area contributed by atoms with Crippen LogP contribution in [0.15, 0.2) is 36.4 Å². The maximum atomic E-state index is 12.1. The molecular weight excluding hydrogens is 328 g/mol. The summed E-state index contributed by atoms with van der Waals surface area (Å²) in [6, 6.07) is 11.2. The lowest BCUT2D eigenvalue weighted by molar-refractivity contribution is -0.0766. The number of hydrogen-bond acceptors (Lipinski definition) is 3. The number of anilines is 1. The molecule has 1 N–H and O–H groups in total. The lowest BCUT2D eigenvalue weighted by Gasteiger charge is -2.15. The molecule has 1 amide bonds. The second kappa shape index (κ2) is 8.46. The average Bonchev–Trinajstić information content (AvgIpc) is 2.54. The van der Waals surface area contributed by atoms with Crippen molar-refractivity contribution in [2.45, 2.75) is 40.4 Å². The van der Waals surface area contributed by atoms with E-state index in [0.717, 1.165) is 28.9 Å². The number of benzene rings is 2. The van der Waals surface area contributed by atoms with Crippen LogP contribution in [0.5, 0.6) is 5.75 Å². The summed E-state index contributed by atoms with van der Waals surface area (Å²) in [7, 11) is 0. The third kappa shape index (κ3) is 5.45. The van der Waals surface area contributed by atoms with Gasteiger partial charge in [0, 0.05) is 5.56 Å². The molecule has 0 aromatic heterocycles. The van der Waals surface area contributed by atoms with Gasteiger partial charge in [-0.05, 0) is 43.5 Å². The Morgan fingerprint density at radius 1 is 1.16 bits per heavy atom. The van der Waals surface area contributed by atoms with Gasteiger partial charge in [0.2, 0.25) is 0 Å². The predicted molar refractivity (Wildman–Crippen MR) is 92.2 cm³/mol. The largest absolute Gasteiger partial charge is 0.489 e. The molecule has 0 aliphatic carbocycles. The van der Waals surface area contributed by atoms with Gasteiger partial charge in [0.05, 0.1) is 5.69 Å². The number of amides is 1. The minimum absolute atomic E-state index is 0.196. The van der Waals surface area contributed by atoms with Gasteiger partial charge >= 0.3 is 12.7 Å². The van der Waals surface area contributed by atoms with Crippen LogP contribution in [0.4, 0.5) is 19.3 Å². The first-order valence-corrected chi connectivity index (χ1v) is 7.96. The molecule has 2 aromatic carbocycles. The molecule has 0 radical (unpaired) electrons. The van der Waals surface area contributed by atoms with E-state index < -0.39 is 12.7 Å². The fourth-order valence-corrected chi connectivity index (χ4v) is 2.45. The quantitative estimate of drug-likeness (QED) is 0.778. The first-order chi connectivity index (χ1) is 11.9. The van der Waals surface area contributed by atoms with Gasteiger partial charge in [-0.15, -0.1) is 0 Å². The van der Waals surface area contributed by atoms with E-state index in [9.17, 15) is 13.6 Å². The van der Waals surface area contributed by atoms with Gasteiger partial charge in [-0.25, -0.2) is 4.79 Å². The number of nitrogens with one attached hydrogen (secondary N) is 1. The highest BCUT2D eigenvalue weighted by Crippen LogP contribution is 2.24. The second-order valence-corrected chi connectivity index (χ2v) is 5.69. The van der Waals surface area contributed by atoms with Crippen LogP contribution in [0.25, 0.3) is 0 Å². The van der Waals surface area contributed by atoms with Crippen LogP contribution in [-0.4, -0.2) is 12.7 Å². The van der Waals surface area contributed by atoms with Crippen molar-refractivity contribution in [2.24, 2.45) is 0 Å². The second-order valence-electron chi connectivity index (χ2n) is 5.69. The summed E-state index contributed by atoms with van der Waals surface area (Å²) in [6.45, 7) is 2.98. The van der Waals surface area contributed by atoms with Crippen LogP contribution in [0.2, 0.25) is 0 Å². The number of carbonyl (C=O) groups is 1. The van der Waals surface area contributed by atoms with Crippen LogP contribution in [0.1, 0.15) is 29.2 Å². The third-order valence-corrected chi connectivity index (χ3v) is 3.72. The minimum atomic E-state index is -3.16. The molecule has 0 aliphatic heterocycles. The zero-order valence-electron chi connectivity index (χ0n) is 14.4. The highest BCUT2D eigenvalue weighted by molar-refractivity contribution is 5.85. The van der Waals surface area contributed by atoms with Gasteiger partial charge in [0.15, 0.2) is 0 Å². The molecule has 0 bridgehead atoms.